The van der Waals surface area contributed by atoms with Crippen LogP contribution in [-0.2, 0) is 4.74 Å². The van der Waals surface area contributed by atoms with Crippen LogP contribution >= 0.6 is 0 Å². The Morgan fingerprint density at radius 3 is 2.75 bits per heavy atom. The van der Waals surface area contributed by atoms with Crippen molar-refractivity contribution in [3.63, 3.8) is 0 Å². The summed E-state index contributed by atoms with van der Waals surface area (Å²) in [4.78, 5) is 31.6. The van der Waals surface area contributed by atoms with Gasteiger partial charge in [0.25, 0.3) is 5.91 Å². The van der Waals surface area contributed by atoms with E-state index in [1.807, 2.05) is 13.0 Å². The van der Waals surface area contributed by atoms with Crippen molar-refractivity contribution in [3.05, 3.63) is 47.6 Å². The van der Waals surface area contributed by atoms with Gasteiger partial charge in [0, 0.05) is 31.1 Å². The van der Waals surface area contributed by atoms with E-state index in [4.69, 9.17) is 4.74 Å². The van der Waals surface area contributed by atoms with E-state index < -0.39 is 0 Å². The first kappa shape index (κ1) is 15.1. The molecule has 0 N–H and O–H groups in total. The summed E-state index contributed by atoms with van der Waals surface area (Å²) < 4.78 is 5.78. The van der Waals surface area contributed by atoms with Crippen LogP contribution in [0.15, 0.2) is 24.7 Å². The molecule has 1 saturated carbocycles. The number of hydrogen-bond acceptors (Lipinski definition) is 6. The Hall–Kier alpha value is -2.41. The van der Waals surface area contributed by atoms with E-state index in [2.05, 4.69) is 19.9 Å². The Bertz CT molecular complexity index is 745. The molecule has 0 unspecified atom stereocenters. The number of carbonyl (C=O) groups excluding carboxylic acids is 1. The third-order valence-electron chi connectivity index (χ3n) is 4.34. The lowest BCUT2D eigenvalue weighted by Crippen LogP contribution is -2.42. The van der Waals surface area contributed by atoms with Crippen LogP contribution < -0.4 is 0 Å². The predicted molar refractivity (Wildman–Crippen MR) is 85.4 cm³/mol. The van der Waals surface area contributed by atoms with Crippen molar-refractivity contribution in [3.8, 4) is 0 Å². The summed E-state index contributed by atoms with van der Waals surface area (Å²) in [5.41, 5.74) is 1.33. The summed E-state index contributed by atoms with van der Waals surface area (Å²) in [5.74, 6) is 1.98. The highest BCUT2D eigenvalue weighted by Gasteiger charge is 2.29. The minimum Gasteiger partial charge on any atom is -0.368 e. The largest absolute Gasteiger partial charge is 0.368 e. The fourth-order valence-corrected chi connectivity index (χ4v) is 2.85. The fourth-order valence-electron chi connectivity index (χ4n) is 2.85. The number of amides is 1. The van der Waals surface area contributed by atoms with Gasteiger partial charge in [-0.15, -0.1) is 0 Å². The molecule has 1 saturated heterocycles. The van der Waals surface area contributed by atoms with Gasteiger partial charge in [0.15, 0.2) is 0 Å². The lowest BCUT2D eigenvalue weighted by molar-refractivity contribution is -0.0248. The smallest absolute Gasteiger partial charge is 0.257 e. The third-order valence-corrected chi connectivity index (χ3v) is 4.34. The maximum absolute atomic E-state index is 12.7. The monoisotopic (exact) mass is 325 g/mol. The van der Waals surface area contributed by atoms with E-state index in [1.165, 1.54) is 0 Å². The summed E-state index contributed by atoms with van der Waals surface area (Å²) in [5, 5.41) is 0. The average molecular weight is 325 g/mol. The second-order valence-electron chi connectivity index (χ2n) is 6.24. The van der Waals surface area contributed by atoms with Crippen LogP contribution in [0.2, 0.25) is 0 Å². The molecule has 3 heterocycles. The second kappa shape index (κ2) is 6.24. The zero-order chi connectivity index (χ0) is 16.5. The maximum Gasteiger partial charge on any atom is 0.257 e. The molecular weight excluding hydrogens is 306 g/mol. The van der Waals surface area contributed by atoms with Crippen molar-refractivity contribution in [1.29, 1.82) is 0 Å². The van der Waals surface area contributed by atoms with Gasteiger partial charge in [-0.1, -0.05) is 0 Å². The Labute approximate surface area is 140 Å². The zero-order valence-electron chi connectivity index (χ0n) is 13.6. The van der Waals surface area contributed by atoms with Crippen LogP contribution in [0.25, 0.3) is 0 Å². The van der Waals surface area contributed by atoms with Crippen LogP contribution in [0.5, 0.6) is 0 Å². The van der Waals surface area contributed by atoms with E-state index in [0.717, 1.165) is 24.4 Å². The lowest BCUT2D eigenvalue weighted by Gasteiger charge is -2.32. The molecule has 1 amide bonds. The first-order valence-corrected chi connectivity index (χ1v) is 8.23. The molecule has 2 aliphatic rings. The highest BCUT2D eigenvalue weighted by Crippen LogP contribution is 2.37. The summed E-state index contributed by atoms with van der Waals surface area (Å²) in [6.07, 6.45) is 7.07. The number of rotatable bonds is 3. The van der Waals surface area contributed by atoms with E-state index in [0.29, 0.717) is 37.0 Å². The molecule has 1 atom stereocenters. The SMILES string of the molecule is Cc1nccc([C@H]2CN(C(=O)c3cnc(C4CC4)nc3)CCO2)n1. The molecule has 1 aliphatic heterocycles. The quantitative estimate of drug-likeness (QED) is 0.854. The van der Waals surface area contributed by atoms with Crippen LogP contribution in [0.1, 0.15) is 52.6 Å². The van der Waals surface area contributed by atoms with Crippen molar-refractivity contribution in [2.75, 3.05) is 19.7 Å². The summed E-state index contributed by atoms with van der Waals surface area (Å²) in [6.45, 7) is 3.36. The lowest BCUT2D eigenvalue weighted by atomic mass is 10.1. The van der Waals surface area contributed by atoms with Crippen molar-refractivity contribution in [2.24, 2.45) is 0 Å². The van der Waals surface area contributed by atoms with Gasteiger partial charge < -0.3 is 9.64 Å². The number of ether oxygens (including phenoxy) is 1. The van der Waals surface area contributed by atoms with Crippen LogP contribution in [-0.4, -0.2) is 50.4 Å². The van der Waals surface area contributed by atoms with Gasteiger partial charge in [-0.25, -0.2) is 19.9 Å². The normalized spacial score (nSPS) is 20.9. The molecule has 4 rings (SSSR count). The van der Waals surface area contributed by atoms with Crippen LogP contribution in [0, 0.1) is 6.92 Å². The molecule has 7 heteroatoms. The Balaban J connectivity index is 1.47. The van der Waals surface area contributed by atoms with Gasteiger partial charge in [0.05, 0.1) is 24.4 Å². The molecule has 24 heavy (non-hydrogen) atoms. The molecule has 0 radical (unpaired) electrons. The van der Waals surface area contributed by atoms with Crippen molar-refractivity contribution in [2.45, 2.75) is 31.8 Å². The molecular formula is C17H19N5O2. The number of carbonyl (C=O) groups is 1. The molecule has 0 spiro atoms. The number of morpholine rings is 1. The number of nitrogens with zero attached hydrogens (tertiary/aromatic N) is 5. The predicted octanol–water partition coefficient (Wildman–Crippen LogP) is 1.67. The Morgan fingerprint density at radius 1 is 1.25 bits per heavy atom. The first-order chi connectivity index (χ1) is 11.7. The molecule has 0 bridgehead atoms. The minimum absolute atomic E-state index is 0.0589. The molecule has 0 aromatic carbocycles. The van der Waals surface area contributed by atoms with Crippen molar-refractivity contribution in [1.82, 2.24) is 24.8 Å². The van der Waals surface area contributed by atoms with Gasteiger partial charge in [-0.3, -0.25) is 4.79 Å². The molecule has 2 aromatic heterocycles. The summed E-state index contributed by atoms with van der Waals surface area (Å²) in [6, 6.07) is 1.83. The van der Waals surface area contributed by atoms with E-state index in [9.17, 15) is 4.79 Å². The van der Waals surface area contributed by atoms with Gasteiger partial charge in [0.1, 0.15) is 17.8 Å². The van der Waals surface area contributed by atoms with Crippen LogP contribution in [0.3, 0.4) is 0 Å². The van der Waals surface area contributed by atoms with E-state index in [1.54, 1.807) is 23.5 Å². The van der Waals surface area contributed by atoms with E-state index in [-0.39, 0.29) is 12.0 Å². The van der Waals surface area contributed by atoms with Crippen molar-refractivity contribution >= 4 is 5.91 Å². The van der Waals surface area contributed by atoms with Gasteiger partial charge >= 0.3 is 0 Å². The molecule has 124 valence electrons. The molecule has 1 aliphatic carbocycles. The van der Waals surface area contributed by atoms with Gasteiger partial charge in [-0.05, 0) is 25.8 Å². The van der Waals surface area contributed by atoms with Gasteiger partial charge in [0.2, 0.25) is 0 Å². The molecule has 2 aromatic rings. The Kier molecular flexibility index (Phi) is 3.93. The summed E-state index contributed by atoms with van der Waals surface area (Å²) >= 11 is 0. The van der Waals surface area contributed by atoms with Crippen molar-refractivity contribution < 1.29 is 9.53 Å². The minimum atomic E-state index is -0.226. The number of aromatic nitrogens is 4. The van der Waals surface area contributed by atoms with Crippen LogP contribution in [0.4, 0.5) is 0 Å². The Morgan fingerprint density at radius 2 is 2.04 bits per heavy atom. The molecule has 7 nitrogen and oxygen atoms in total. The number of hydrogen-bond donors (Lipinski definition) is 0. The highest BCUT2D eigenvalue weighted by atomic mass is 16.5. The standard InChI is InChI=1S/C17H19N5O2/c1-11-18-5-4-14(21-11)15-10-22(6-7-24-15)17(23)13-8-19-16(20-9-13)12-2-3-12/h4-5,8-9,12,15H,2-3,6-7,10H2,1H3/t15-/m1/s1. The molecule has 2 fully saturated rings. The fraction of sp³-hybridized carbons (Fsp3) is 0.471. The second-order valence-corrected chi connectivity index (χ2v) is 6.24. The maximum atomic E-state index is 12.7. The number of aryl methyl sites for hydroxylation is 1. The van der Waals surface area contributed by atoms with Gasteiger partial charge in [-0.2, -0.15) is 0 Å². The topological polar surface area (TPSA) is 81.1 Å². The third kappa shape index (κ3) is 3.12. The zero-order valence-corrected chi connectivity index (χ0v) is 13.6. The van der Waals surface area contributed by atoms with E-state index >= 15 is 0 Å². The summed E-state index contributed by atoms with van der Waals surface area (Å²) in [7, 11) is 0. The average Bonchev–Trinajstić information content (AvgIpc) is 3.47. The first-order valence-electron chi connectivity index (χ1n) is 8.23. The highest BCUT2D eigenvalue weighted by molar-refractivity contribution is 5.93.